The van der Waals surface area contributed by atoms with E-state index in [-0.39, 0.29) is 5.76 Å². The van der Waals surface area contributed by atoms with Crippen molar-refractivity contribution >= 4 is 27.2 Å². The number of halogens is 1. The summed E-state index contributed by atoms with van der Waals surface area (Å²) in [7, 11) is -3.36. The molecule has 0 aromatic heterocycles. The van der Waals surface area contributed by atoms with Crippen LogP contribution in [-0.2, 0) is 9.84 Å². The highest BCUT2D eigenvalue weighted by Crippen LogP contribution is 2.21. The lowest BCUT2D eigenvalue weighted by Gasteiger charge is -2.01. The van der Waals surface area contributed by atoms with Crippen molar-refractivity contribution in [1.29, 1.82) is 0 Å². The smallest absolute Gasteiger partial charge is 0.172 e. The molecule has 1 N–H and O–H groups in total. The molecule has 3 nitrogen and oxygen atoms in total. The SMILES string of the molecule is CS(=O)(=O)/C=C(\O)c1ccccc1Cl. The van der Waals surface area contributed by atoms with Gasteiger partial charge in [-0.3, -0.25) is 0 Å². The normalized spacial score (nSPS) is 12.9. The van der Waals surface area contributed by atoms with Crippen LogP contribution in [0.1, 0.15) is 5.56 Å². The Balaban J connectivity index is 3.20. The Morgan fingerprint density at radius 3 is 2.50 bits per heavy atom. The van der Waals surface area contributed by atoms with Crippen LogP contribution in [0.15, 0.2) is 29.7 Å². The Bertz CT molecular complexity index is 463. The zero-order chi connectivity index (χ0) is 10.8. The van der Waals surface area contributed by atoms with Gasteiger partial charge in [0.25, 0.3) is 0 Å². The molecule has 0 saturated carbocycles. The van der Waals surface area contributed by atoms with Crippen molar-refractivity contribution < 1.29 is 13.5 Å². The van der Waals surface area contributed by atoms with Crippen LogP contribution in [0.3, 0.4) is 0 Å². The molecule has 0 unspecified atom stereocenters. The molecule has 1 aromatic rings. The quantitative estimate of drug-likeness (QED) is 0.796. The first-order valence-corrected chi connectivity index (χ1v) is 6.09. The van der Waals surface area contributed by atoms with Crippen LogP contribution in [-0.4, -0.2) is 19.8 Å². The maximum absolute atomic E-state index is 10.8. The van der Waals surface area contributed by atoms with Gasteiger partial charge in [-0.2, -0.15) is 0 Å². The maximum Gasteiger partial charge on any atom is 0.172 e. The predicted octanol–water partition coefficient (Wildman–Crippen LogP) is 2.24. The summed E-state index contributed by atoms with van der Waals surface area (Å²) in [4.78, 5) is 0. The van der Waals surface area contributed by atoms with Gasteiger partial charge < -0.3 is 5.11 Å². The van der Waals surface area contributed by atoms with E-state index in [1.165, 1.54) is 0 Å². The van der Waals surface area contributed by atoms with E-state index in [0.29, 0.717) is 10.6 Å². The summed E-state index contributed by atoms with van der Waals surface area (Å²) >= 11 is 5.75. The zero-order valence-electron chi connectivity index (χ0n) is 7.44. The van der Waals surface area contributed by atoms with E-state index in [9.17, 15) is 13.5 Å². The largest absolute Gasteiger partial charge is 0.507 e. The summed E-state index contributed by atoms with van der Waals surface area (Å²) in [5.74, 6) is -0.349. The van der Waals surface area contributed by atoms with Gasteiger partial charge in [-0.05, 0) is 12.1 Å². The zero-order valence-corrected chi connectivity index (χ0v) is 9.01. The summed E-state index contributed by atoms with van der Waals surface area (Å²) in [6.45, 7) is 0. The molecule has 0 aliphatic rings. The Morgan fingerprint density at radius 1 is 1.43 bits per heavy atom. The molecule has 0 heterocycles. The third kappa shape index (κ3) is 3.05. The molecule has 1 rings (SSSR count). The molecule has 0 aliphatic heterocycles. The topological polar surface area (TPSA) is 54.4 Å². The van der Waals surface area contributed by atoms with E-state index in [2.05, 4.69) is 0 Å². The molecule has 76 valence electrons. The minimum Gasteiger partial charge on any atom is -0.507 e. The molecule has 1 aromatic carbocycles. The number of aliphatic hydroxyl groups excluding tert-OH is 1. The molecule has 0 saturated heterocycles. The third-order valence-electron chi connectivity index (χ3n) is 1.48. The summed E-state index contributed by atoms with van der Waals surface area (Å²) in [5, 5.41) is 10.5. The third-order valence-corrected chi connectivity index (χ3v) is 2.46. The monoisotopic (exact) mass is 232 g/mol. The lowest BCUT2D eigenvalue weighted by molar-refractivity contribution is 0.512. The van der Waals surface area contributed by atoms with E-state index in [4.69, 9.17) is 11.6 Å². The first-order chi connectivity index (χ1) is 6.40. The summed E-state index contributed by atoms with van der Waals surface area (Å²) < 4.78 is 21.7. The number of hydrogen-bond acceptors (Lipinski definition) is 3. The average molecular weight is 233 g/mol. The standard InChI is InChI=1S/C9H9ClO3S/c1-14(12,13)6-9(11)7-4-2-3-5-8(7)10/h2-6,11H,1H3/b9-6-. The van der Waals surface area contributed by atoms with Crippen molar-refractivity contribution in [3.8, 4) is 0 Å². The van der Waals surface area contributed by atoms with Gasteiger partial charge >= 0.3 is 0 Å². The van der Waals surface area contributed by atoms with Crippen LogP contribution in [0.25, 0.3) is 5.76 Å². The van der Waals surface area contributed by atoms with E-state index in [0.717, 1.165) is 11.7 Å². The Morgan fingerprint density at radius 2 is 2.00 bits per heavy atom. The lowest BCUT2D eigenvalue weighted by Crippen LogP contribution is -1.93. The van der Waals surface area contributed by atoms with Crippen LogP contribution in [0, 0.1) is 0 Å². The van der Waals surface area contributed by atoms with Crippen LogP contribution < -0.4 is 0 Å². The highest BCUT2D eigenvalue weighted by atomic mass is 35.5. The van der Waals surface area contributed by atoms with Crippen molar-refractivity contribution in [3.05, 3.63) is 40.3 Å². The second-order valence-corrected chi connectivity index (χ2v) is 5.11. The average Bonchev–Trinajstić information content (AvgIpc) is 2.01. The fourth-order valence-electron chi connectivity index (χ4n) is 0.935. The highest BCUT2D eigenvalue weighted by Gasteiger charge is 2.06. The number of sulfone groups is 1. The van der Waals surface area contributed by atoms with Gasteiger partial charge in [0.15, 0.2) is 9.84 Å². The van der Waals surface area contributed by atoms with Crippen molar-refractivity contribution in [3.63, 3.8) is 0 Å². The van der Waals surface area contributed by atoms with Gasteiger partial charge in [0, 0.05) is 11.8 Å². The van der Waals surface area contributed by atoms with Crippen molar-refractivity contribution in [2.24, 2.45) is 0 Å². The number of rotatable bonds is 2. The predicted molar refractivity (Wildman–Crippen MR) is 56.9 cm³/mol. The number of aliphatic hydroxyl groups is 1. The first kappa shape index (κ1) is 11.1. The second-order valence-electron chi connectivity index (χ2n) is 2.81. The maximum atomic E-state index is 10.8. The second kappa shape index (κ2) is 4.02. The van der Waals surface area contributed by atoms with Crippen molar-refractivity contribution in [2.45, 2.75) is 0 Å². The van der Waals surface area contributed by atoms with E-state index in [1.54, 1.807) is 24.3 Å². The minimum atomic E-state index is -3.36. The molecule has 0 fully saturated rings. The summed E-state index contributed by atoms with van der Waals surface area (Å²) in [6, 6.07) is 6.47. The molecular weight excluding hydrogens is 224 g/mol. The lowest BCUT2D eigenvalue weighted by atomic mass is 10.2. The Hall–Kier alpha value is -1.00. The van der Waals surface area contributed by atoms with Gasteiger partial charge in [0.2, 0.25) is 0 Å². The van der Waals surface area contributed by atoms with Gasteiger partial charge in [0.1, 0.15) is 5.76 Å². The van der Waals surface area contributed by atoms with Crippen LogP contribution in [0.2, 0.25) is 5.02 Å². The molecule has 0 bridgehead atoms. The van der Waals surface area contributed by atoms with E-state index in [1.807, 2.05) is 0 Å². The molecule has 5 heteroatoms. The molecule has 14 heavy (non-hydrogen) atoms. The fourth-order valence-corrected chi connectivity index (χ4v) is 1.70. The first-order valence-electron chi connectivity index (χ1n) is 3.76. The molecular formula is C9H9ClO3S. The molecule has 0 aliphatic carbocycles. The van der Waals surface area contributed by atoms with Crippen LogP contribution in [0.4, 0.5) is 0 Å². The van der Waals surface area contributed by atoms with Crippen LogP contribution >= 0.6 is 11.6 Å². The summed E-state index contributed by atoms with van der Waals surface area (Å²) in [6.07, 6.45) is 1.00. The van der Waals surface area contributed by atoms with Crippen molar-refractivity contribution in [1.82, 2.24) is 0 Å². The van der Waals surface area contributed by atoms with Crippen LogP contribution in [0.5, 0.6) is 0 Å². The number of hydrogen-bond donors (Lipinski definition) is 1. The van der Waals surface area contributed by atoms with Gasteiger partial charge in [0.05, 0.1) is 10.4 Å². The Labute approximate surface area is 87.6 Å². The minimum absolute atomic E-state index is 0.305. The molecule has 0 spiro atoms. The Kier molecular flexibility index (Phi) is 3.18. The summed E-state index contributed by atoms with van der Waals surface area (Å²) in [5.41, 5.74) is 0.305. The highest BCUT2D eigenvalue weighted by molar-refractivity contribution is 7.93. The van der Waals surface area contributed by atoms with Gasteiger partial charge in [-0.15, -0.1) is 0 Å². The van der Waals surface area contributed by atoms with E-state index < -0.39 is 9.84 Å². The van der Waals surface area contributed by atoms with Gasteiger partial charge in [-0.25, -0.2) is 8.42 Å². The van der Waals surface area contributed by atoms with Gasteiger partial charge in [-0.1, -0.05) is 23.7 Å². The molecule has 0 radical (unpaired) electrons. The van der Waals surface area contributed by atoms with E-state index >= 15 is 0 Å². The fraction of sp³-hybridized carbons (Fsp3) is 0.111. The number of benzene rings is 1. The van der Waals surface area contributed by atoms with Crippen molar-refractivity contribution in [2.75, 3.05) is 6.26 Å². The molecule has 0 atom stereocenters. The molecule has 0 amide bonds.